The third-order valence-corrected chi connectivity index (χ3v) is 4.55. The first-order valence-corrected chi connectivity index (χ1v) is 6.32. The highest BCUT2D eigenvalue weighted by atomic mass is 15.2. The van der Waals surface area contributed by atoms with Crippen molar-refractivity contribution >= 4 is 0 Å². The Bertz CT molecular complexity index is 212. The second-order valence-electron chi connectivity index (χ2n) is 5.61. The van der Waals surface area contributed by atoms with E-state index >= 15 is 0 Å². The third kappa shape index (κ3) is 1.40. The molecule has 2 heteroatoms. The standard InChI is InChI=1S/C12H22N2/c13-12(6-7-12)11(10-4-3-5-10)14-8-1-2-9-14/h10-11H,1-9,13H2. The van der Waals surface area contributed by atoms with E-state index in [1.807, 2.05) is 0 Å². The van der Waals surface area contributed by atoms with E-state index in [2.05, 4.69) is 4.90 Å². The van der Waals surface area contributed by atoms with Gasteiger partial charge in [-0.1, -0.05) is 6.42 Å². The molecule has 0 bridgehead atoms. The van der Waals surface area contributed by atoms with Crippen LogP contribution in [0.2, 0.25) is 0 Å². The number of nitrogens with two attached hydrogens (primary N) is 1. The molecule has 2 saturated carbocycles. The molecule has 1 unspecified atom stereocenters. The summed E-state index contributed by atoms with van der Waals surface area (Å²) in [6.07, 6.45) is 9.71. The topological polar surface area (TPSA) is 29.3 Å². The van der Waals surface area contributed by atoms with E-state index in [1.165, 1.54) is 58.0 Å². The van der Waals surface area contributed by atoms with Crippen molar-refractivity contribution < 1.29 is 0 Å². The minimum absolute atomic E-state index is 0.232. The molecule has 1 aliphatic heterocycles. The van der Waals surface area contributed by atoms with Crippen molar-refractivity contribution in [2.45, 2.75) is 56.5 Å². The summed E-state index contributed by atoms with van der Waals surface area (Å²) < 4.78 is 0. The number of likely N-dealkylation sites (tertiary alicyclic amines) is 1. The molecule has 0 aromatic carbocycles. The van der Waals surface area contributed by atoms with Crippen molar-refractivity contribution in [1.29, 1.82) is 0 Å². The molecule has 0 aromatic heterocycles. The van der Waals surface area contributed by atoms with Gasteiger partial charge in [0.1, 0.15) is 0 Å². The Morgan fingerprint density at radius 2 is 1.71 bits per heavy atom. The van der Waals surface area contributed by atoms with E-state index < -0.39 is 0 Å². The lowest BCUT2D eigenvalue weighted by Crippen LogP contribution is -2.54. The van der Waals surface area contributed by atoms with Gasteiger partial charge in [0.2, 0.25) is 0 Å². The van der Waals surface area contributed by atoms with Crippen LogP contribution in [0.4, 0.5) is 0 Å². The van der Waals surface area contributed by atoms with E-state index in [-0.39, 0.29) is 5.54 Å². The number of hydrogen-bond donors (Lipinski definition) is 1. The minimum Gasteiger partial charge on any atom is -0.324 e. The molecule has 0 spiro atoms. The van der Waals surface area contributed by atoms with Crippen LogP contribution < -0.4 is 5.73 Å². The summed E-state index contributed by atoms with van der Waals surface area (Å²) in [6.45, 7) is 2.64. The van der Waals surface area contributed by atoms with Crippen LogP contribution in [-0.4, -0.2) is 29.6 Å². The predicted octanol–water partition coefficient (Wildman–Crippen LogP) is 1.74. The maximum Gasteiger partial charge on any atom is 0.0316 e. The lowest BCUT2D eigenvalue weighted by atomic mass is 9.75. The first kappa shape index (κ1) is 9.17. The van der Waals surface area contributed by atoms with Crippen molar-refractivity contribution in [1.82, 2.24) is 4.90 Å². The number of rotatable bonds is 3. The maximum atomic E-state index is 6.44. The molecule has 3 rings (SSSR count). The Balaban J connectivity index is 1.73. The molecule has 3 aliphatic rings. The van der Waals surface area contributed by atoms with Crippen LogP contribution in [0.3, 0.4) is 0 Å². The van der Waals surface area contributed by atoms with Crippen LogP contribution in [0.15, 0.2) is 0 Å². The van der Waals surface area contributed by atoms with E-state index in [0.717, 1.165) is 12.0 Å². The van der Waals surface area contributed by atoms with Crippen LogP contribution >= 0.6 is 0 Å². The van der Waals surface area contributed by atoms with Crippen molar-refractivity contribution in [3.05, 3.63) is 0 Å². The highest BCUT2D eigenvalue weighted by Crippen LogP contribution is 2.47. The van der Waals surface area contributed by atoms with Crippen LogP contribution in [0.5, 0.6) is 0 Å². The molecule has 1 atom stereocenters. The SMILES string of the molecule is NC1(C(C2CCC2)N2CCCC2)CC1. The van der Waals surface area contributed by atoms with E-state index in [9.17, 15) is 0 Å². The molecule has 0 radical (unpaired) electrons. The monoisotopic (exact) mass is 194 g/mol. The second-order valence-corrected chi connectivity index (χ2v) is 5.61. The van der Waals surface area contributed by atoms with Crippen molar-refractivity contribution in [2.24, 2.45) is 11.7 Å². The van der Waals surface area contributed by atoms with Crippen molar-refractivity contribution in [3.8, 4) is 0 Å². The van der Waals surface area contributed by atoms with Gasteiger partial charge in [0.05, 0.1) is 0 Å². The molecule has 1 saturated heterocycles. The Hall–Kier alpha value is -0.0800. The minimum atomic E-state index is 0.232. The fourth-order valence-electron chi connectivity index (χ4n) is 3.35. The van der Waals surface area contributed by atoms with Gasteiger partial charge in [0.15, 0.2) is 0 Å². The average Bonchev–Trinajstić information content (AvgIpc) is 2.66. The van der Waals surface area contributed by atoms with Gasteiger partial charge in [-0.05, 0) is 57.5 Å². The largest absolute Gasteiger partial charge is 0.324 e. The lowest BCUT2D eigenvalue weighted by Gasteiger charge is -2.43. The van der Waals surface area contributed by atoms with Gasteiger partial charge in [-0.2, -0.15) is 0 Å². The molecule has 2 aliphatic carbocycles. The van der Waals surface area contributed by atoms with E-state index in [4.69, 9.17) is 5.73 Å². The zero-order valence-corrected chi connectivity index (χ0v) is 9.04. The third-order valence-electron chi connectivity index (χ3n) is 4.55. The van der Waals surface area contributed by atoms with Gasteiger partial charge < -0.3 is 5.73 Å². The molecule has 80 valence electrons. The summed E-state index contributed by atoms with van der Waals surface area (Å²) in [6, 6.07) is 0.749. The van der Waals surface area contributed by atoms with E-state index in [1.54, 1.807) is 0 Å². The summed E-state index contributed by atoms with van der Waals surface area (Å²) in [7, 11) is 0. The summed E-state index contributed by atoms with van der Waals surface area (Å²) in [5, 5.41) is 0. The highest BCUT2D eigenvalue weighted by Gasteiger charge is 2.52. The Kier molecular flexibility index (Phi) is 2.10. The Morgan fingerprint density at radius 1 is 1.07 bits per heavy atom. The molecule has 2 nitrogen and oxygen atoms in total. The molecule has 14 heavy (non-hydrogen) atoms. The molecule has 1 heterocycles. The van der Waals surface area contributed by atoms with Crippen LogP contribution in [0.1, 0.15) is 44.9 Å². The number of hydrogen-bond acceptors (Lipinski definition) is 2. The number of nitrogens with zero attached hydrogens (tertiary/aromatic N) is 1. The first-order chi connectivity index (χ1) is 6.80. The molecule has 0 amide bonds. The van der Waals surface area contributed by atoms with Crippen LogP contribution in [0, 0.1) is 5.92 Å². The zero-order valence-electron chi connectivity index (χ0n) is 9.04. The molecule has 3 fully saturated rings. The van der Waals surface area contributed by atoms with E-state index in [0.29, 0.717) is 0 Å². The van der Waals surface area contributed by atoms with Gasteiger partial charge in [0.25, 0.3) is 0 Å². The molecule has 2 N–H and O–H groups in total. The smallest absolute Gasteiger partial charge is 0.0316 e. The van der Waals surface area contributed by atoms with Gasteiger partial charge in [-0.3, -0.25) is 4.90 Å². The van der Waals surface area contributed by atoms with Gasteiger partial charge >= 0.3 is 0 Å². The predicted molar refractivity (Wildman–Crippen MR) is 58.1 cm³/mol. The second kappa shape index (κ2) is 3.21. The fourth-order valence-corrected chi connectivity index (χ4v) is 3.35. The molecular weight excluding hydrogens is 172 g/mol. The Morgan fingerprint density at radius 3 is 2.14 bits per heavy atom. The van der Waals surface area contributed by atoms with Gasteiger partial charge in [-0.25, -0.2) is 0 Å². The zero-order chi connectivity index (χ0) is 9.60. The molecular formula is C12H22N2. The first-order valence-electron chi connectivity index (χ1n) is 6.32. The summed E-state index contributed by atoms with van der Waals surface area (Å²) >= 11 is 0. The highest BCUT2D eigenvalue weighted by molar-refractivity contribution is 5.12. The van der Waals surface area contributed by atoms with Crippen LogP contribution in [0.25, 0.3) is 0 Å². The fraction of sp³-hybridized carbons (Fsp3) is 1.00. The van der Waals surface area contributed by atoms with Gasteiger partial charge in [0, 0.05) is 11.6 Å². The summed E-state index contributed by atoms with van der Waals surface area (Å²) in [4.78, 5) is 2.71. The quantitative estimate of drug-likeness (QED) is 0.741. The maximum absolute atomic E-state index is 6.44. The average molecular weight is 194 g/mol. The van der Waals surface area contributed by atoms with Crippen LogP contribution in [-0.2, 0) is 0 Å². The summed E-state index contributed by atoms with van der Waals surface area (Å²) in [5.74, 6) is 0.945. The molecule has 0 aromatic rings. The summed E-state index contributed by atoms with van der Waals surface area (Å²) in [5.41, 5.74) is 6.67. The normalized spacial score (nSPS) is 34.1. The van der Waals surface area contributed by atoms with Crippen molar-refractivity contribution in [2.75, 3.05) is 13.1 Å². The van der Waals surface area contributed by atoms with Crippen molar-refractivity contribution in [3.63, 3.8) is 0 Å². The Labute approximate surface area is 86.8 Å². The lowest BCUT2D eigenvalue weighted by molar-refractivity contribution is 0.0880. The van der Waals surface area contributed by atoms with Gasteiger partial charge in [-0.15, -0.1) is 0 Å².